The Morgan fingerprint density at radius 1 is 0.759 bits per heavy atom. The Kier molecular flexibility index (Phi) is 6.09. The quantitative estimate of drug-likeness (QED) is 0.506. The predicted octanol–water partition coefficient (Wildman–Crippen LogP) is 3.99. The molecule has 0 radical (unpaired) electrons. The van der Waals surface area contributed by atoms with Crippen molar-refractivity contribution in [3.63, 3.8) is 0 Å². The average Bonchev–Trinajstić information content (AvgIpc) is 2.75. The number of hydrogen-bond donors (Lipinski definition) is 1. The first-order chi connectivity index (χ1) is 13.9. The number of ketones is 1. The SMILES string of the molecule is O=C(COC(=O)c1ccc(C(=O)c2ccccc2)cc1)Nc1ccc(F)c(F)c1. The number of carbonyl (C=O) groups is 3. The first-order valence-corrected chi connectivity index (χ1v) is 8.56. The molecule has 0 atom stereocenters. The molecule has 5 nitrogen and oxygen atoms in total. The van der Waals surface area contributed by atoms with Crippen molar-refractivity contribution in [2.75, 3.05) is 11.9 Å². The number of hydrogen-bond acceptors (Lipinski definition) is 4. The van der Waals surface area contributed by atoms with Crippen LogP contribution in [0.4, 0.5) is 14.5 Å². The Labute approximate surface area is 164 Å². The fourth-order valence-electron chi connectivity index (χ4n) is 2.50. The molecule has 29 heavy (non-hydrogen) atoms. The standard InChI is InChI=1S/C22H15F2NO4/c23-18-11-10-17(12-19(18)24)25-20(26)13-29-22(28)16-8-6-15(7-9-16)21(27)14-4-2-1-3-5-14/h1-12H,13H2,(H,25,26). The highest BCUT2D eigenvalue weighted by molar-refractivity contribution is 6.09. The van der Waals surface area contributed by atoms with E-state index in [0.29, 0.717) is 11.1 Å². The van der Waals surface area contributed by atoms with Gasteiger partial charge in [-0.05, 0) is 24.3 Å². The van der Waals surface area contributed by atoms with Crippen molar-refractivity contribution in [2.45, 2.75) is 0 Å². The Bertz CT molecular complexity index is 1050. The van der Waals surface area contributed by atoms with Crippen molar-refractivity contribution in [1.82, 2.24) is 0 Å². The molecule has 0 unspecified atom stereocenters. The molecule has 1 amide bonds. The summed E-state index contributed by atoms with van der Waals surface area (Å²) >= 11 is 0. The van der Waals surface area contributed by atoms with Gasteiger partial charge in [0, 0.05) is 22.9 Å². The summed E-state index contributed by atoms with van der Waals surface area (Å²) in [6, 6.07) is 17.4. The number of esters is 1. The molecule has 0 aliphatic rings. The van der Waals surface area contributed by atoms with Gasteiger partial charge in [-0.3, -0.25) is 9.59 Å². The van der Waals surface area contributed by atoms with Gasteiger partial charge in [0.15, 0.2) is 24.0 Å². The van der Waals surface area contributed by atoms with Crippen LogP contribution in [0.5, 0.6) is 0 Å². The van der Waals surface area contributed by atoms with E-state index >= 15 is 0 Å². The van der Waals surface area contributed by atoms with Crippen LogP contribution in [-0.2, 0) is 9.53 Å². The number of halogens is 2. The molecule has 0 aliphatic carbocycles. The molecule has 0 bridgehead atoms. The number of carbonyl (C=O) groups excluding carboxylic acids is 3. The first-order valence-electron chi connectivity index (χ1n) is 8.56. The van der Waals surface area contributed by atoms with Crippen LogP contribution in [0.25, 0.3) is 0 Å². The van der Waals surface area contributed by atoms with E-state index in [0.717, 1.165) is 12.1 Å². The second-order valence-electron chi connectivity index (χ2n) is 6.03. The third kappa shape index (κ3) is 5.10. The summed E-state index contributed by atoms with van der Waals surface area (Å²) in [6.07, 6.45) is 0. The van der Waals surface area contributed by atoms with Crippen LogP contribution in [-0.4, -0.2) is 24.3 Å². The third-order valence-corrected chi connectivity index (χ3v) is 3.96. The van der Waals surface area contributed by atoms with Crippen LogP contribution >= 0.6 is 0 Å². The van der Waals surface area contributed by atoms with Gasteiger partial charge in [-0.15, -0.1) is 0 Å². The largest absolute Gasteiger partial charge is 0.452 e. The van der Waals surface area contributed by atoms with E-state index < -0.39 is 30.1 Å². The van der Waals surface area contributed by atoms with E-state index in [1.807, 2.05) is 0 Å². The molecule has 146 valence electrons. The molecular weight excluding hydrogens is 380 g/mol. The molecule has 0 saturated heterocycles. The van der Waals surface area contributed by atoms with E-state index in [1.54, 1.807) is 30.3 Å². The Hall–Kier alpha value is -3.87. The smallest absolute Gasteiger partial charge is 0.338 e. The van der Waals surface area contributed by atoms with Crippen LogP contribution < -0.4 is 5.32 Å². The van der Waals surface area contributed by atoms with E-state index in [9.17, 15) is 23.2 Å². The minimum absolute atomic E-state index is 0.0359. The number of anilines is 1. The number of benzene rings is 3. The second kappa shape index (κ2) is 8.88. The van der Waals surface area contributed by atoms with Crippen molar-refractivity contribution in [3.8, 4) is 0 Å². The van der Waals surface area contributed by atoms with E-state index in [2.05, 4.69) is 5.32 Å². The van der Waals surface area contributed by atoms with Gasteiger partial charge in [0.25, 0.3) is 5.91 Å². The zero-order chi connectivity index (χ0) is 20.8. The highest BCUT2D eigenvalue weighted by Gasteiger charge is 2.13. The Balaban J connectivity index is 1.56. The number of amides is 1. The summed E-state index contributed by atoms with van der Waals surface area (Å²) in [5.41, 5.74) is 1.13. The monoisotopic (exact) mass is 395 g/mol. The van der Waals surface area contributed by atoms with Gasteiger partial charge in [0.05, 0.1) is 5.56 Å². The molecule has 0 aliphatic heterocycles. The van der Waals surface area contributed by atoms with Crippen LogP contribution in [0.1, 0.15) is 26.3 Å². The minimum atomic E-state index is -1.11. The molecule has 0 aromatic heterocycles. The van der Waals surface area contributed by atoms with Crippen LogP contribution in [0.2, 0.25) is 0 Å². The summed E-state index contributed by atoms with van der Waals surface area (Å²) in [7, 11) is 0. The van der Waals surface area contributed by atoms with Gasteiger partial charge < -0.3 is 10.1 Å². The lowest BCUT2D eigenvalue weighted by atomic mass is 10.0. The zero-order valence-electron chi connectivity index (χ0n) is 15.0. The molecule has 0 saturated carbocycles. The van der Waals surface area contributed by atoms with Gasteiger partial charge in [-0.1, -0.05) is 42.5 Å². The summed E-state index contributed by atoms with van der Waals surface area (Å²) < 4.78 is 30.9. The molecule has 3 aromatic carbocycles. The molecule has 3 aromatic rings. The number of nitrogens with one attached hydrogen (secondary N) is 1. The first kappa shape index (κ1) is 19.9. The number of ether oxygens (including phenoxy) is 1. The maximum atomic E-state index is 13.1. The lowest BCUT2D eigenvalue weighted by Gasteiger charge is -2.07. The van der Waals surface area contributed by atoms with Crippen molar-refractivity contribution in [1.29, 1.82) is 0 Å². The van der Waals surface area contributed by atoms with E-state index in [4.69, 9.17) is 4.74 Å². The summed E-state index contributed by atoms with van der Waals surface area (Å²) in [5, 5.41) is 2.29. The molecule has 1 N–H and O–H groups in total. The predicted molar refractivity (Wildman–Crippen MR) is 102 cm³/mol. The molecule has 7 heteroatoms. The topological polar surface area (TPSA) is 72.5 Å². The Morgan fingerprint density at radius 2 is 1.38 bits per heavy atom. The normalized spacial score (nSPS) is 10.3. The van der Waals surface area contributed by atoms with E-state index in [1.165, 1.54) is 30.3 Å². The van der Waals surface area contributed by atoms with Crippen LogP contribution in [0.15, 0.2) is 72.8 Å². The third-order valence-electron chi connectivity index (χ3n) is 3.96. The summed E-state index contributed by atoms with van der Waals surface area (Å²) in [6.45, 7) is -0.609. The molecule has 3 rings (SSSR count). The molecule has 0 heterocycles. The van der Waals surface area contributed by atoms with Gasteiger partial charge >= 0.3 is 5.97 Å². The highest BCUT2D eigenvalue weighted by Crippen LogP contribution is 2.14. The summed E-state index contributed by atoms with van der Waals surface area (Å²) in [5.74, 6) is -3.80. The fraction of sp³-hybridized carbons (Fsp3) is 0.0455. The van der Waals surface area contributed by atoms with E-state index in [-0.39, 0.29) is 17.0 Å². The van der Waals surface area contributed by atoms with Gasteiger partial charge in [-0.2, -0.15) is 0 Å². The maximum Gasteiger partial charge on any atom is 0.338 e. The summed E-state index contributed by atoms with van der Waals surface area (Å²) in [4.78, 5) is 36.2. The van der Waals surface area contributed by atoms with Crippen LogP contribution in [0.3, 0.4) is 0 Å². The number of rotatable bonds is 6. The van der Waals surface area contributed by atoms with Crippen molar-refractivity contribution in [3.05, 3.63) is 101 Å². The minimum Gasteiger partial charge on any atom is -0.452 e. The second-order valence-corrected chi connectivity index (χ2v) is 6.03. The maximum absolute atomic E-state index is 13.1. The average molecular weight is 395 g/mol. The van der Waals surface area contributed by atoms with Gasteiger partial charge in [-0.25, -0.2) is 13.6 Å². The van der Waals surface area contributed by atoms with Gasteiger partial charge in [0.2, 0.25) is 0 Å². The Morgan fingerprint density at radius 3 is 2.03 bits per heavy atom. The fourth-order valence-corrected chi connectivity index (χ4v) is 2.50. The van der Waals surface area contributed by atoms with Gasteiger partial charge in [0.1, 0.15) is 0 Å². The molecule has 0 spiro atoms. The molecular formula is C22H15F2NO4. The zero-order valence-corrected chi connectivity index (χ0v) is 15.0. The van der Waals surface area contributed by atoms with Crippen molar-refractivity contribution >= 4 is 23.3 Å². The lowest BCUT2D eigenvalue weighted by molar-refractivity contribution is -0.119. The van der Waals surface area contributed by atoms with Crippen molar-refractivity contribution < 1.29 is 27.9 Å². The van der Waals surface area contributed by atoms with Crippen molar-refractivity contribution in [2.24, 2.45) is 0 Å². The van der Waals surface area contributed by atoms with Crippen LogP contribution in [0, 0.1) is 11.6 Å². The molecule has 0 fully saturated rings. The lowest BCUT2D eigenvalue weighted by Crippen LogP contribution is -2.21. The highest BCUT2D eigenvalue weighted by atomic mass is 19.2.